The average Bonchev–Trinajstić information content (AvgIpc) is 2.82. The maximum atomic E-state index is 9.82. The average molecular weight is 549 g/mol. The molecule has 0 aromatic heterocycles. The Morgan fingerprint density at radius 3 is 2.38 bits per heavy atom. The first kappa shape index (κ1) is 22.1. The van der Waals surface area contributed by atoms with Crippen LogP contribution in [-0.2, 0) is 6.61 Å². The molecule has 0 aliphatic heterocycles. The molecule has 0 bridgehead atoms. The van der Waals surface area contributed by atoms with Crippen LogP contribution in [0, 0.1) is 11.3 Å². The quantitative estimate of drug-likeness (QED) is 0.181. The summed E-state index contributed by atoms with van der Waals surface area (Å²) >= 11 is 7.06. The monoisotopic (exact) mass is 547 g/mol. The number of ether oxygens (including phenoxy) is 2. The largest absolute Gasteiger partial charge is 0.493 e. The number of nitrogens with zero attached hydrogens (tertiary/aromatic N) is 1. The second-order valence-electron chi connectivity index (χ2n) is 7.17. The van der Waals surface area contributed by atoms with Crippen molar-refractivity contribution < 1.29 is 9.47 Å². The van der Waals surface area contributed by atoms with E-state index in [-0.39, 0.29) is 0 Å². The van der Waals surface area contributed by atoms with Crippen LogP contribution in [0.5, 0.6) is 11.5 Å². The van der Waals surface area contributed by atoms with E-state index in [1.807, 2.05) is 78.9 Å². The molecule has 0 fully saturated rings. The maximum Gasteiger partial charge on any atom is 0.162 e. The minimum Gasteiger partial charge on any atom is -0.493 e. The van der Waals surface area contributed by atoms with E-state index in [1.54, 1.807) is 7.11 Å². The Balaban J connectivity index is 1.64. The first-order chi connectivity index (χ1) is 15.6. The zero-order valence-electron chi connectivity index (χ0n) is 17.3. The van der Waals surface area contributed by atoms with Crippen LogP contribution < -0.4 is 9.47 Å². The summed E-state index contributed by atoms with van der Waals surface area (Å²) in [5.74, 6) is 1.23. The van der Waals surface area contributed by atoms with Gasteiger partial charge in [0, 0.05) is 8.95 Å². The van der Waals surface area contributed by atoms with Crippen LogP contribution in [-0.4, -0.2) is 7.11 Å². The molecule has 32 heavy (non-hydrogen) atoms. The van der Waals surface area contributed by atoms with E-state index in [0.29, 0.717) is 23.7 Å². The number of hydrogen-bond donors (Lipinski definition) is 0. The van der Waals surface area contributed by atoms with Gasteiger partial charge in [-0.15, -0.1) is 0 Å². The fourth-order valence-electron chi connectivity index (χ4n) is 3.37. The van der Waals surface area contributed by atoms with Crippen molar-refractivity contribution in [2.24, 2.45) is 0 Å². The summed E-state index contributed by atoms with van der Waals surface area (Å²) in [6.07, 6.45) is 1.86. The standard InChI is InChI=1S/C27H19Br2NO2/c1-31-26-14-22(25(29)15-27(26)32-17-18-6-10-24(28)11-7-18)13-23(16-30)21-9-8-19-4-2-3-5-20(19)12-21/h2-15H,17H2,1H3/b23-13-. The normalized spacial score (nSPS) is 11.2. The molecule has 5 heteroatoms. The zero-order chi connectivity index (χ0) is 22.5. The molecule has 4 aromatic rings. The molecule has 0 saturated carbocycles. The molecular formula is C27H19Br2NO2. The summed E-state index contributed by atoms with van der Waals surface area (Å²) < 4.78 is 13.4. The molecular weight excluding hydrogens is 530 g/mol. The second kappa shape index (κ2) is 10.0. The van der Waals surface area contributed by atoms with Gasteiger partial charge in [-0.3, -0.25) is 0 Å². The Morgan fingerprint density at radius 1 is 0.906 bits per heavy atom. The van der Waals surface area contributed by atoms with Gasteiger partial charge in [0.05, 0.1) is 18.8 Å². The highest BCUT2D eigenvalue weighted by atomic mass is 79.9. The highest BCUT2D eigenvalue weighted by Gasteiger charge is 2.12. The molecule has 0 amide bonds. The molecule has 0 unspecified atom stereocenters. The van der Waals surface area contributed by atoms with Crippen molar-refractivity contribution in [2.75, 3.05) is 7.11 Å². The number of rotatable bonds is 6. The van der Waals surface area contributed by atoms with Crippen LogP contribution >= 0.6 is 31.9 Å². The predicted octanol–water partition coefficient (Wildman–Crippen LogP) is 8.02. The van der Waals surface area contributed by atoms with E-state index in [9.17, 15) is 5.26 Å². The summed E-state index contributed by atoms with van der Waals surface area (Å²) in [6.45, 7) is 0.422. The van der Waals surface area contributed by atoms with Gasteiger partial charge in [0.25, 0.3) is 0 Å². The highest BCUT2D eigenvalue weighted by molar-refractivity contribution is 9.10. The van der Waals surface area contributed by atoms with Crippen molar-refractivity contribution in [3.8, 4) is 17.6 Å². The van der Waals surface area contributed by atoms with E-state index in [2.05, 4.69) is 44.0 Å². The first-order valence-electron chi connectivity index (χ1n) is 9.93. The Morgan fingerprint density at radius 2 is 1.66 bits per heavy atom. The molecule has 0 spiro atoms. The van der Waals surface area contributed by atoms with Crippen LogP contribution in [0.1, 0.15) is 16.7 Å². The van der Waals surface area contributed by atoms with Crippen LogP contribution in [0.3, 0.4) is 0 Å². The Labute approximate surface area is 204 Å². The minimum atomic E-state index is 0.422. The maximum absolute atomic E-state index is 9.82. The topological polar surface area (TPSA) is 42.2 Å². The SMILES string of the molecule is COc1cc(/C=C(/C#N)c2ccc3ccccc3c2)c(Br)cc1OCc1ccc(Br)cc1. The number of hydrogen-bond acceptors (Lipinski definition) is 3. The van der Waals surface area contributed by atoms with Crippen molar-refractivity contribution in [1.29, 1.82) is 5.26 Å². The van der Waals surface area contributed by atoms with Gasteiger partial charge >= 0.3 is 0 Å². The first-order valence-corrected chi connectivity index (χ1v) is 11.5. The Kier molecular flexibility index (Phi) is 6.94. The lowest BCUT2D eigenvalue weighted by atomic mass is 10.00. The van der Waals surface area contributed by atoms with Crippen LogP contribution in [0.25, 0.3) is 22.4 Å². The van der Waals surface area contributed by atoms with Crippen molar-refractivity contribution in [2.45, 2.75) is 6.61 Å². The van der Waals surface area contributed by atoms with Crippen LogP contribution in [0.4, 0.5) is 0 Å². The number of halogens is 2. The molecule has 0 heterocycles. The van der Waals surface area contributed by atoms with E-state index in [0.717, 1.165) is 36.4 Å². The molecule has 0 atom stereocenters. The summed E-state index contributed by atoms with van der Waals surface area (Å²) in [5.41, 5.74) is 3.33. The zero-order valence-corrected chi connectivity index (χ0v) is 20.5. The fraction of sp³-hybridized carbons (Fsp3) is 0.0741. The molecule has 0 saturated heterocycles. The van der Waals surface area contributed by atoms with E-state index >= 15 is 0 Å². The van der Waals surface area contributed by atoms with Gasteiger partial charge in [0.1, 0.15) is 6.61 Å². The second-order valence-corrected chi connectivity index (χ2v) is 8.94. The van der Waals surface area contributed by atoms with Gasteiger partial charge < -0.3 is 9.47 Å². The number of fused-ring (bicyclic) bond motifs is 1. The molecule has 0 radical (unpaired) electrons. The third-order valence-electron chi connectivity index (χ3n) is 5.07. The third kappa shape index (κ3) is 5.04. The summed E-state index contributed by atoms with van der Waals surface area (Å²) in [7, 11) is 1.61. The smallest absolute Gasteiger partial charge is 0.162 e. The van der Waals surface area contributed by atoms with Crippen molar-refractivity contribution >= 4 is 54.3 Å². The number of benzene rings is 4. The van der Waals surface area contributed by atoms with E-state index < -0.39 is 0 Å². The number of methoxy groups -OCH3 is 1. The molecule has 4 aromatic carbocycles. The van der Waals surface area contributed by atoms with Gasteiger partial charge in [0.2, 0.25) is 0 Å². The van der Waals surface area contributed by atoms with Crippen molar-refractivity contribution in [3.05, 3.63) is 104 Å². The van der Waals surface area contributed by atoms with Crippen molar-refractivity contribution in [3.63, 3.8) is 0 Å². The van der Waals surface area contributed by atoms with Gasteiger partial charge in [-0.2, -0.15) is 5.26 Å². The Bertz CT molecular complexity index is 1340. The lowest BCUT2D eigenvalue weighted by Gasteiger charge is -2.13. The molecule has 4 rings (SSSR count). The van der Waals surface area contributed by atoms with Crippen LogP contribution in [0.2, 0.25) is 0 Å². The number of allylic oxidation sites excluding steroid dienone is 1. The predicted molar refractivity (Wildman–Crippen MR) is 137 cm³/mol. The highest BCUT2D eigenvalue weighted by Crippen LogP contribution is 2.36. The van der Waals surface area contributed by atoms with Gasteiger partial charge in [0.15, 0.2) is 11.5 Å². The van der Waals surface area contributed by atoms with Crippen molar-refractivity contribution in [1.82, 2.24) is 0 Å². The van der Waals surface area contributed by atoms with E-state index in [4.69, 9.17) is 9.47 Å². The summed E-state index contributed by atoms with van der Waals surface area (Å²) in [6, 6.07) is 28.2. The Hall–Kier alpha value is -3.07. The lowest BCUT2D eigenvalue weighted by Crippen LogP contribution is -1.98. The summed E-state index contributed by atoms with van der Waals surface area (Å²) in [5, 5.41) is 12.1. The molecule has 3 nitrogen and oxygen atoms in total. The van der Waals surface area contributed by atoms with Gasteiger partial charge in [-0.25, -0.2) is 0 Å². The fourth-order valence-corrected chi connectivity index (χ4v) is 4.07. The van der Waals surface area contributed by atoms with Gasteiger partial charge in [-0.05, 0) is 63.9 Å². The third-order valence-corrected chi connectivity index (χ3v) is 6.29. The molecule has 0 aliphatic rings. The summed E-state index contributed by atoms with van der Waals surface area (Å²) in [4.78, 5) is 0. The number of nitriles is 1. The lowest BCUT2D eigenvalue weighted by molar-refractivity contribution is 0.284. The molecule has 0 N–H and O–H groups in total. The molecule has 158 valence electrons. The van der Waals surface area contributed by atoms with Gasteiger partial charge in [-0.1, -0.05) is 80.4 Å². The molecule has 0 aliphatic carbocycles. The minimum absolute atomic E-state index is 0.422. The van der Waals surface area contributed by atoms with Crippen LogP contribution in [0.15, 0.2) is 87.8 Å². The van der Waals surface area contributed by atoms with E-state index in [1.165, 1.54) is 0 Å².